The quantitative estimate of drug-likeness (QED) is 0.504. The van der Waals surface area contributed by atoms with Gasteiger partial charge in [0.25, 0.3) is 18.2 Å². The number of aliphatic hydroxyl groups excluding tert-OH is 1. The molecule has 158 valence electrons. The van der Waals surface area contributed by atoms with Crippen LogP contribution in [0.1, 0.15) is 29.1 Å². The SMILES string of the molecule is O=C(COc1ccc(F)c(F)c1)NC[C@@H](O)CCNC(=O)c1cc(C(F)F)no1. The molecule has 12 heteroatoms. The lowest BCUT2D eigenvalue weighted by atomic mass is 10.2. The molecule has 0 aliphatic rings. The van der Waals surface area contributed by atoms with Gasteiger partial charge in [0, 0.05) is 25.2 Å². The van der Waals surface area contributed by atoms with Crippen LogP contribution in [0.15, 0.2) is 28.8 Å². The predicted molar refractivity (Wildman–Crippen MR) is 89.3 cm³/mol. The zero-order chi connectivity index (χ0) is 21.4. The van der Waals surface area contributed by atoms with Crippen molar-refractivity contribution in [3.8, 4) is 5.75 Å². The Hall–Kier alpha value is -3.15. The molecule has 0 aliphatic heterocycles. The molecule has 0 spiro atoms. The van der Waals surface area contributed by atoms with Crippen LogP contribution in [0.25, 0.3) is 0 Å². The summed E-state index contributed by atoms with van der Waals surface area (Å²) in [5.74, 6) is -3.98. The molecule has 3 N–H and O–H groups in total. The first-order valence-electron chi connectivity index (χ1n) is 8.32. The van der Waals surface area contributed by atoms with Crippen molar-refractivity contribution < 1.29 is 41.5 Å². The number of carbonyl (C=O) groups is 2. The smallest absolute Gasteiger partial charge is 0.289 e. The number of aromatic nitrogens is 1. The predicted octanol–water partition coefficient (Wildman–Crippen LogP) is 1.57. The molecule has 1 aromatic carbocycles. The molecular formula is C17H17F4N3O5. The zero-order valence-corrected chi connectivity index (χ0v) is 14.8. The Morgan fingerprint density at radius 3 is 2.59 bits per heavy atom. The van der Waals surface area contributed by atoms with Crippen LogP contribution in [0, 0.1) is 11.6 Å². The normalized spacial score (nSPS) is 11.9. The van der Waals surface area contributed by atoms with E-state index in [9.17, 15) is 32.3 Å². The summed E-state index contributed by atoms with van der Waals surface area (Å²) in [5, 5.41) is 17.5. The van der Waals surface area contributed by atoms with E-state index in [0.717, 1.165) is 24.3 Å². The van der Waals surface area contributed by atoms with E-state index in [2.05, 4.69) is 20.3 Å². The third-order valence-corrected chi connectivity index (χ3v) is 3.53. The lowest BCUT2D eigenvalue weighted by Gasteiger charge is -2.12. The number of hydrogen-bond acceptors (Lipinski definition) is 6. The number of rotatable bonds is 10. The molecule has 1 atom stereocenters. The van der Waals surface area contributed by atoms with Crippen LogP contribution < -0.4 is 15.4 Å². The van der Waals surface area contributed by atoms with E-state index in [1.165, 1.54) is 0 Å². The van der Waals surface area contributed by atoms with Gasteiger partial charge in [-0.3, -0.25) is 9.59 Å². The first kappa shape index (κ1) is 22.1. The first-order chi connectivity index (χ1) is 13.8. The number of amides is 2. The molecule has 29 heavy (non-hydrogen) atoms. The summed E-state index contributed by atoms with van der Waals surface area (Å²) < 4.78 is 60.0. The zero-order valence-electron chi connectivity index (χ0n) is 14.8. The van der Waals surface area contributed by atoms with Crippen LogP contribution in [0.3, 0.4) is 0 Å². The number of ether oxygens (including phenoxy) is 1. The lowest BCUT2D eigenvalue weighted by Crippen LogP contribution is -2.37. The van der Waals surface area contributed by atoms with Crippen LogP contribution in [0.4, 0.5) is 17.6 Å². The van der Waals surface area contributed by atoms with Crippen molar-refractivity contribution in [3.05, 3.63) is 47.4 Å². The number of aliphatic hydroxyl groups is 1. The maximum absolute atomic E-state index is 13.0. The Morgan fingerprint density at radius 1 is 1.17 bits per heavy atom. The Kier molecular flexibility index (Phi) is 7.95. The third-order valence-electron chi connectivity index (χ3n) is 3.53. The van der Waals surface area contributed by atoms with E-state index in [4.69, 9.17) is 4.74 Å². The van der Waals surface area contributed by atoms with E-state index in [1.54, 1.807) is 0 Å². The van der Waals surface area contributed by atoms with Crippen molar-refractivity contribution in [2.24, 2.45) is 0 Å². The number of benzene rings is 1. The molecule has 0 fully saturated rings. The monoisotopic (exact) mass is 419 g/mol. The topological polar surface area (TPSA) is 114 Å². The fraction of sp³-hybridized carbons (Fsp3) is 0.353. The fourth-order valence-corrected chi connectivity index (χ4v) is 2.04. The molecular weight excluding hydrogens is 402 g/mol. The van der Waals surface area contributed by atoms with Gasteiger partial charge >= 0.3 is 0 Å². The van der Waals surface area contributed by atoms with E-state index >= 15 is 0 Å². The highest BCUT2D eigenvalue weighted by Crippen LogP contribution is 2.18. The summed E-state index contributed by atoms with van der Waals surface area (Å²) in [6.07, 6.45) is -3.84. The highest BCUT2D eigenvalue weighted by atomic mass is 19.3. The van der Waals surface area contributed by atoms with Crippen molar-refractivity contribution in [1.29, 1.82) is 0 Å². The number of carbonyl (C=O) groups excluding carboxylic acids is 2. The second-order valence-electron chi connectivity index (χ2n) is 5.78. The van der Waals surface area contributed by atoms with Gasteiger partial charge in [-0.05, 0) is 18.6 Å². The van der Waals surface area contributed by atoms with E-state index < -0.39 is 54.0 Å². The van der Waals surface area contributed by atoms with Gasteiger partial charge in [0.05, 0.1) is 6.10 Å². The molecule has 0 radical (unpaired) electrons. The van der Waals surface area contributed by atoms with Crippen molar-refractivity contribution in [1.82, 2.24) is 15.8 Å². The second kappa shape index (κ2) is 10.4. The lowest BCUT2D eigenvalue weighted by molar-refractivity contribution is -0.123. The van der Waals surface area contributed by atoms with Crippen molar-refractivity contribution in [2.75, 3.05) is 19.7 Å². The molecule has 1 heterocycles. The summed E-state index contributed by atoms with van der Waals surface area (Å²) in [5.41, 5.74) is -0.663. The maximum Gasteiger partial charge on any atom is 0.289 e. The largest absolute Gasteiger partial charge is 0.484 e. The third kappa shape index (κ3) is 7.07. The Labute approximate surface area is 161 Å². The maximum atomic E-state index is 13.0. The average molecular weight is 419 g/mol. The summed E-state index contributed by atoms with van der Waals surface area (Å²) in [6, 6.07) is 3.61. The van der Waals surface area contributed by atoms with Crippen LogP contribution in [-0.4, -0.2) is 47.9 Å². The van der Waals surface area contributed by atoms with Crippen molar-refractivity contribution >= 4 is 11.8 Å². The number of hydrogen-bond donors (Lipinski definition) is 3. The Bertz CT molecular complexity index is 846. The van der Waals surface area contributed by atoms with Gasteiger partial charge in [-0.2, -0.15) is 0 Å². The minimum atomic E-state index is -2.86. The van der Waals surface area contributed by atoms with Gasteiger partial charge in [-0.25, -0.2) is 17.6 Å². The van der Waals surface area contributed by atoms with Gasteiger partial charge in [0.1, 0.15) is 5.75 Å². The number of nitrogens with zero attached hydrogens (tertiary/aromatic N) is 1. The average Bonchev–Trinajstić information content (AvgIpc) is 3.18. The van der Waals surface area contributed by atoms with Crippen molar-refractivity contribution in [2.45, 2.75) is 19.0 Å². The molecule has 0 aliphatic carbocycles. The minimum absolute atomic E-state index is 0.0219. The summed E-state index contributed by atoms with van der Waals surface area (Å²) >= 11 is 0. The van der Waals surface area contributed by atoms with Gasteiger partial charge in [-0.15, -0.1) is 0 Å². The fourth-order valence-electron chi connectivity index (χ4n) is 2.04. The second-order valence-corrected chi connectivity index (χ2v) is 5.78. The van der Waals surface area contributed by atoms with E-state index in [-0.39, 0.29) is 25.3 Å². The number of alkyl halides is 2. The minimum Gasteiger partial charge on any atom is -0.484 e. The molecule has 8 nitrogen and oxygen atoms in total. The molecule has 0 saturated heterocycles. The van der Waals surface area contributed by atoms with E-state index in [0.29, 0.717) is 0 Å². The highest BCUT2D eigenvalue weighted by Gasteiger charge is 2.18. The molecule has 2 rings (SSSR count). The first-order valence-corrected chi connectivity index (χ1v) is 8.32. The number of halogens is 4. The van der Waals surface area contributed by atoms with E-state index in [1.807, 2.05) is 0 Å². The Balaban J connectivity index is 1.63. The molecule has 2 amide bonds. The summed E-state index contributed by atoms with van der Waals surface area (Å²) in [6.45, 7) is -0.661. The van der Waals surface area contributed by atoms with Gasteiger partial charge in [0.15, 0.2) is 23.9 Å². The molecule has 0 unspecified atom stereocenters. The molecule has 1 aromatic heterocycles. The summed E-state index contributed by atoms with van der Waals surface area (Å²) in [7, 11) is 0. The molecule has 0 bridgehead atoms. The van der Waals surface area contributed by atoms with Crippen molar-refractivity contribution in [3.63, 3.8) is 0 Å². The molecule has 2 aromatic rings. The van der Waals surface area contributed by atoms with Crippen LogP contribution in [-0.2, 0) is 4.79 Å². The van der Waals surface area contributed by atoms with Gasteiger partial charge in [0.2, 0.25) is 5.76 Å². The Morgan fingerprint density at radius 2 is 1.93 bits per heavy atom. The summed E-state index contributed by atoms with van der Waals surface area (Å²) in [4.78, 5) is 23.3. The highest BCUT2D eigenvalue weighted by molar-refractivity contribution is 5.91. The van der Waals surface area contributed by atoms with Gasteiger partial charge in [-0.1, -0.05) is 5.16 Å². The van der Waals surface area contributed by atoms with Gasteiger partial charge < -0.3 is 25.0 Å². The number of nitrogens with one attached hydrogen (secondary N) is 2. The molecule has 0 saturated carbocycles. The van der Waals surface area contributed by atoms with Crippen LogP contribution in [0.2, 0.25) is 0 Å². The van der Waals surface area contributed by atoms with Crippen LogP contribution in [0.5, 0.6) is 5.75 Å². The van der Waals surface area contributed by atoms with Crippen LogP contribution >= 0.6 is 0 Å². The standard InChI is InChI=1S/C17H17F4N3O5/c18-11-2-1-10(5-12(11)19)28-8-15(26)23-7-9(25)3-4-22-17(27)14-6-13(16(20)21)24-29-14/h1-2,5-6,9,16,25H,3-4,7-8H2,(H,22,27)(H,23,26)/t9-/m0/s1.